The molecule has 0 bridgehead atoms. The van der Waals surface area contributed by atoms with E-state index in [1.807, 2.05) is 0 Å². The van der Waals surface area contributed by atoms with E-state index in [4.69, 9.17) is 9.84 Å². The van der Waals surface area contributed by atoms with Crippen molar-refractivity contribution in [1.29, 1.82) is 0 Å². The van der Waals surface area contributed by atoms with Gasteiger partial charge in [0.05, 0.1) is 36.6 Å². The maximum absolute atomic E-state index is 10.9. The second-order valence-electron chi connectivity index (χ2n) is 3.98. The molecule has 2 aromatic rings. The topological polar surface area (TPSA) is 90.4 Å². The van der Waals surface area contributed by atoms with Crippen molar-refractivity contribution in [2.24, 2.45) is 7.05 Å². The molecule has 0 atom stereocenters. The Labute approximate surface area is 119 Å². The summed E-state index contributed by atoms with van der Waals surface area (Å²) in [4.78, 5) is 15.2. The van der Waals surface area contributed by atoms with E-state index >= 15 is 0 Å². The van der Waals surface area contributed by atoms with Crippen LogP contribution in [0.25, 0.3) is 0 Å². The minimum atomic E-state index is -0.468. The van der Waals surface area contributed by atoms with E-state index in [1.165, 1.54) is 31.0 Å². The second-order valence-corrected chi connectivity index (χ2v) is 5.02. The van der Waals surface area contributed by atoms with Crippen LogP contribution in [0.2, 0.25) is 0 Å². The summed E-state index contributed by atoms with van der Waals surface area (Å²) >= 11 is 1.27. The molecule has 0 spiro atoms. The number of hydrogen-bond acceptors (Lipinski definition) is 6. The smallest absolute Gasteiger partial charge is 0.274 e. The van der Waals surface area contributed by atoms with Crippen molar-refractivity contribution in [3.05, 3.63) is 40.2 Å². The summed E-state index contributed by atoms with van der Waals surface area (Å²) in [5, 5.41) is 20.6. The third-order valence-corrected chi connectivity index (χ3v) is 3.76. The summed E-state index contributed by atoms with van der Waals surface area (Å²) in [5.74, 6) is 0.415. The zero-order valence-corrected chi connectivity index (χ0v) is 11.8. The van der Waals surface area contributed by atoms with Crippen LogP contribution in [-0.2, 0) is 13.7 Å². The standard InChI is InChI=1S/C12H13N3O4S/c1-14-9(7-16)6-13-12(14)20-11-4-8(15(17)18)3-10(5-11)19-2/h3-6,16H,7H2,1-2H3. The van der Waals surface area contributed by atoms with Crippen LogP contribution in [0.1, 0.15) is 5.69 Å². The van der Waals surface area contributed by atoms with E-state index < -0.39 is 4.92 Å². The minimum absolute atomic E-state index is 0.0385. The van der Waals surface area contributed by atoms with Gasteiger partial charge < -0.3 is 14.4 Å². The number of imidazole rings is 1. The number of methoxy groups -OCH3 is 1. The predicted molar refractivity (Wildman–Crippen MR) is 72.9 cm³/mol. The van der Waals surface area contributed by atoms with Gasteiger partial charge in [-0.3, -0.25) is 10.1 Å². The Hall–Kier alpha value is -2.06. The van der Waals surface area contributed by atoms with Crippen LogP contribution in [0.5, 0.6) is 5.75 Å². The molecule has 1 heterocycles. The van der Waals surface area contributed by atoms with E-state index in [0.717, 1.165) is 0 Å². The molecule has 1 N–H and O–H groups in total. The fraction of sp³-hybridized carbons (Fsp3) is 0.250. The van der Waals surface area contributed by atoms with Gasteiger partial charge in [-0.2, -0.15) is 0 Å². The third-order valence-electron chi connectivity index (χ3n) is 2.72. The normalized spacial score (nSPS) is 10.6. The van der Waals surface area contributed by atoms with E-state index in [0.29, 0.717) is 21.5 Å². The van der Waals surface area contributed by atoms with Crippen LogP contribution in [-0.4, -0.2) is 26.7 Å². The number of aliphatic hydroxyl groups excluding tert-OH is 1. The first kappa shape index (κ1) is 14.4. The van der Waals surface area contributed by atoms with Gasteiger partial charge in [-0.1, -0.05) is 11.8 Å². The van der Waals surface area contributed by atoms with Gasteiger partial charge >= 0.3 is 0 Å². The molecular weight excluding hydrogens is 282 g/mol. The maximum atomic E-state index is 10.9. The molecule has 1 aromatic heterocycles. The van der Waals surface area contributed by atoms with Gasteiger partial charge in [0, 0.05) is 18.0 Å². The molecule has 0 aliphatic rings. The molecule has 106 valence electrons. The SMILES string of the molecule is COc1cc(Sc2ncc(CO)n2C)cc([N+](=O)[O-])c1. The first-order valence-electron chi connectivity index (χ1n) is 5.68. The Balaban J connectivity index is 2.34. The Kier molecular flexibility index (Phi) is 4.26. The molecular formula is C12H13N3O4S. The molecule has 0 unspecified atom stereocenters. The number of aliphatic hydroxyl groups is 1. The molecule has 7 nitrogen and oxygen atoms in total. The molecule has 8 heteroatoms. The summed E-state index contributed by atoms with van der Waals surface area (Å²) in [7, 11) is 3.23. The number of nitro groups is 1. The highest BCUT2D eigenvalue weighted by atomic mass is 32.2. The van der Waals surface area contributed by atoms with E-state index in [1.54, 1.807) is 23.9 Å². The van der Waals surface area contributed by atoms with Gasteiger partial charge in [0.25, 0.3) is 5.69 Å². The number of non-ortho nitro benzene ring substituents is 1. The number of aromatic nitrogens is 2. The van der Waals surface area contributed by atoms with Crippen LogP contribution in [0, 0.1) is 10.1 Å². The van der Waals surface area contributed by atoms with Crippen molar-refractivity contribution in [3.8, 4) is 5.75 Å². The highest BCUT2D eigenvalue weighted by Crippen LogP contribution is 2.33. The summed E-state index contributed by atoms with van der Waals surface area (Å²) in [5.41, 5.74) is 0.633. The Bertz CT molecular complexity index is 642. The van der Waals surface area contributed by atoms with Gasteiger partial charge in [-0.25, -0.2) is 4.98 Å². The molecule has 2 rings (SSSR count). The second kappa shape index (κ2) is 5.93. The Morgan fingerprint density at radius 2 is 2.25 bits per heavy atom. The molecule has 0 saturated heterocycles. The summed E-state index contributed by atoms with van der Waals surface area (Å²) < 4.78 is 6.79. The Morgan fingerprint density at radius 3 is 2.80 bits per heavy atom. The number of benzene rings is 1. The molecule has 0 aliphatic carbocycles. The lowest BCUT2D eigenvalue weighted by molar-refractivity contribution is -0.385. The fourth-order valence-corrected chi connectivity index (χ4v) is 2.54. The first-order chi connectivity index (χ1) is 9.55. The molecule has 0 amide bonds. The number of hydrogen-bond donors (Lipinski definition) is 1. The molecule has 1 aromatic carbocycles. The zero-order valence-electron chi connectivity index (χ0n) is 10.9. The van der Waals surface area contributed by atoms with Crippen LogP contribution in [0.15, 0.2) is 34.4 Å². The van der Waals surface area contributed by atoms with Gasteiger partial charge in [0.1, 0.15) is 5.75 Å². The third kappa shape index (κ3) is 2.91. The number of ether oxygens (including phenoxy) is 1. The fourth-order valence-electron chi connectivity index (χ4n) is 1.61. The zero-order chi connectivity index (χ0) is 14.7. The summed E-state index contributed by atoms with van der Waals surface area (Å²) in [6, 6.07) is 4.52. The van der Waals surface area contributed by atoms with Crippen molar-refractivity contribution in [1.82, 2.24) is 9.55 Å². The molecule has 0 aliphatic heterocycles. The summed E-state index contributed by atoms with van der Waals surface area (Å²) in [6.45, 7) is -0.109. The highest BCUT2D eigenvalue weighted by molar-refractivity contribution is 7.99. The quantitative estimate of drug-likeness (QED) is 0.670. The first-order valence-corrected chi connectivity index (χ1v) is 6.49. The Morgan fingerprint density at radius 1 is 1.50 bits per heavy atom. The monoisotopic (exact) mass is 295 g/mol. The molecule has 0 radical (unpaired) electrons. The highest BCUT2D eigenvalue weighted by Gasteiger charge is 2.13. The minimum Gasteiger partial charge on any atom is -0.496 e. The predicted octanol–water partition coefficient (Wildman–Crippen LogP) is 1.98. The van der Waals surface area contributed by atoms with Crippen molar-refractivity contribution in [2.75, 3.05) is 7.11 Å². The van der Waals surface area contributed by atoms with Crippen molar-refractivity contribution in [3.63, 3.8) is 0 Å². The number of nitro benzene ring substituents is 1. The van der Waals surface area contributed by atoms with Crippen LogP contribution >= 0.6 is 11.8 Å². The van der Waals surface area contributed by atoms with Crippen molar-refractivity contribution < 1.29 is 14.8 Å². The van der Waals surface area contributed by atoms with Crippen LogP contribution in [0.4, 0.5) is 5.69 Å². The van der Waals surface area contributed by atoms with E-state index in [-0.39, 0.29) is 12.3 Å². The molecule has 20 heavy (non-hydrogen) atoms. The van der Waals surface area contributed by atoms with Gasteiger partial charge in [0.2, 0.25) is 0 Å². The van der Waals surface area contributed by atoms with Crippen LogP contribution in [0.3, 0.4) is 0 Å². The lowest BCUT2D eigenvalue weighted by Crippen LogP contribution is -1.97. The average Bonchev–Trinajstić information content (AvgIpc) is 2.79. The molecule has 0 saturated carbocycles. The number of nitrogens with zero attached hydrogens (tertiary/aromatic N) is 3. The van der Waals surface area contributed by atoms with Crippen LogP contribution < -0.4 is 4.74 Å². The maximum Gasteiger partial charge on any atom is 0.274 e. The largest absolute Gasteiger partial charge is 0.496 e. The summed E-state index contributed by atoms with van der Waals surface area (Å²) in [6.07, 6.45) is 1.57. The molecule has 0 fully saturated rings. The van der Waals surface area contributed by atoms with Gasteiger partial charge in [-0.05, 0) is 6.07 Å². The van der Waals surface area contributed by atoms with Gasteiger partial charge in [-0.15, -0.1) is 0 Å². The average molecular weight is 295 g/mol. The lowest BCUT2D eigenvalue weighted by Gasteiger charge is -2.06. The van der Waals surface area contributed by atoms with E-state index in [9.17, 15) is 10.1 Å². The lowest BCUT2D eigenvalue weighted by atomic mass is 10.3. The van der Waals surface area contributed by atoms with Crippen molar-refractivity contribution in [2.45, 2.75) is 16.7 Å². The number of rotatable bonds is 5. The van der Waals surface area contributed by atoms with Crippen molar-refractivity contribution >= 4 is 17.4 Å². The van der Waals surface area contributed by atoms with Gasteiger partial charge in [0.15, 0.2) is 5.16 Å². The van der Waals surface area contributed by atoms with E-state index in [2.05, 4.69) is 4.98 Å².